The summed E-state index contributed by atoms with van der Waals surface area (Å²) in [7, 11) is 0. The number of benzene rings is 2. The molecule has 0 aliphatic carbocycles. The third kappa shape index (κ3) is 1.65. The van der Waals surface area contributed by atoms with Gasteiger partial charge < -0.3 is 0 Å². The quantitative estimate of drug-likeness (QED) is 0.657. The van der Waals surface area contributed by atoms with Crippen LogP contribution in [0.25, 0.3) is 10.8 Å². The molecule has 0 saturated heterocycles. The van der Waals surface area contributed by atoms with E-state index >= 15 is 0 Å². The molecule has 2 aromatic rings. The molecule has 0 heteroatoms. The normalized spacial score (nSPS) is 10.7. The van der Waals surface area contributed by atoms with Crippen molar-refractivity contribution in [2.45, 2.75) is 20.3 Å². The van der Waals surface area contributed by atoms with E-state index in [1.165, 1.54) is 21.9 Å². The highest BCUT2D eigenvalue weighted by molar-refractivity contribution is 5.87. The van der Waals surface area contributed by atoms with Crippen LogP contribution in [0, 0.1) is 13.3 Å². The maximum absolute atomic E-state index is 2.29. The van der Waals surface area contributed by atoms with Crippen molar-refractivity contribution < 1.29 is 0 Å². The molecular weight excluding hydrogens is 168 g/mol. The molecule has 0 atom stereocenters. The lowest BCUT2D eigenvalue weighted by molar-refractivity contribution is 1.13. The van der Waals surface area contributed by atoms with Crippen LogP contribution < -0.4 is 0 Å². The summed E-state index contributed by atoms with van der Waals surface area (Å²) in [5.41, 5.74) is 2.70. The molecule has 0 amide bonds. The topological polar surface area (TPSA) is 0 Å². The molecule has 0 bridgehead atoms. The van der Waals surface area contributed by atoms with Crippen LogP contribution in [-0.2, 0) is 0 Å². The van der Waals surface area contributed by atoms with Crippen LogP contribution in [0.3, 0.4) is 0 Å². The van der Waals surface area contributed by atoms with Gasteiger partial charge in [0.25, 0.3) is 0 Å². The van der Waals surface area contributed by atoms with E-state index in [1.54, 1.807) is 0 Å². The Bertz CT molecular complexity index is 441. The molecule has 2 rings (SSSR count). The van der Waals surface area contributed by atoms with Gasteiger partial charge in [0.05, 0.1) is 0 Å². The Morgan fingerprint density at radius 3 is 2.71 bits per heavy atom. The second-order valence-electron chi connectivity index (χ2n) is 3.69. The molecule has 0 aromatic heterocycles. The van der Waals surface area contributed by atoms with Gasteiger partial charge in [0.2, 0.25) is 0 Å². The molecule has 0 unspecified atom stereocenters. The van der Waals surface area contributed by atoms with E-state index in [9.17, 15) is 0 Å². The Kier molecular flexibility index (Phi) is 2.53. The van der Waals surface area contributed by atoms with Gasteiger partial charge in [0.1, 0.15) is 0 Å². The summed E-state index contributed by atoms with van der Waals surface area (Å²) in [6.45, 7) is 4.33. The van der Waals surface area contributed by atoms with Gasteiger partial charge in [-0.05, 0) is 36.1 Å². The van der Waals surface area contributed by atoms with Crippen LogP contribution in [0.1, 0.15) is 24.5 Å². The SMILES string of the molecule is CC[CH]c1cc(C)cc2ccccc12. The molecular formula is C14H15. The summed E-state index contributed by atoms with van der Waals surface area (Å²) >= 11 is 0. The lowest BCUT2D eigenvalue weighted by atomic mass is 9.99. The van der Waals surface area contributed by atoms with Crippen LogP contribution in [0.15, 0.2) is 36.4 Å². The Morgan fingerprint density at radius 2 is 1.93 bits per heavy atom. The monoisotopic (exact) mass is 183 g/mol. The second-order valence-corrected chi connectivity index (χ2v) is 3.69. The van der Waals surface area contributed by atoms with Crippen molar-refractivity contribution in [3.63, 3.8) is 0 Å². The third-order valence-electron chi connectivity index (χ3n) is 2.46. The zero-order valence-electron chi connectivity index (χ0n) is 8.75. The van der Waals surface area contributed by atoms with Gasteiger partial charge in [-0.2, -0.15) is 0 Å². The molecule has 71 valence electrons. The molecule has 0 fully saturated rings. The first-order valence-corrected chi connectivity index (χ1v) is 5.14. The minimum atomic E-state index is 1.09. The number of fused-ring (bicyclic) bond motifs is 1. The van der Waals surface area contributed by atoms with E-state index in [0.717, 1.165) is 6.42 Å². The minimum Gasteiger partial charge on any atom is -0.0648 e. The average Bonchev–Trinajstić information content (AvgIpc) is 2.18. The number of rotatable bonds is 2. The molecule has 14 heavy (non-hydrogen) atoms. The number of hydrogen-bond acceptors (Lipinski definition) is 0. The molecule has 1 radical (unpaired) electrons. The fraction of sp³-hybridized carbons (Fsp3) is 0.214. The summed E-state index contributed by atoms with van der Waals surface area (Å²) in [6, 6.07) is 13.1. The van der Waals surface area contributed by atoms with Crippen molar-refractivity contribution in [3.8, 4) is 0 Å². The first kappa shape index (κ1) is 9.26. The fourth-order valence-electron chi connectivity index (χ4n) is 1.88. The van der Waals surface area contributed by atoms with E-state index in [0.29, 0.717) is 0 Å². The molecule has 0 nitrogen and oxygen atoms in total. The molecule has 0 N–H and O–H groups in total. The molecule has 0 spiro atoms. The van der Waals surface area contributed by atoms with Crippen LogP contribution in [-0.4, -0.2) is 0 Å². The van der Waals surface area contributed by atoms with Crippen molar-refractivity contribution in [3.05, 3.63) is 53.9 Å². The van der Waals surface area contributed by atoms with Crippen molar-refractivity contribution >= 4 is 10.8 Å². The summed E-state index contributed by atoms with van der Waals surface area (Å²) in [6.07, 6.45) is 3.38. The molecule has 0 heterocycles. The zero-order valence-corrected chi connectivity index (χ0v) is 8.75. The van der Waals surface area contributed by atoms with Gasteiger partial charge in [-0.3, -0.25) is 0 Å². The molecule has 0 aliphatic rings. The molecule has 2 aromatic carbocycles. The lowest BCUT2D eigenvalue weighted by Gasteiger charge is -2.06. The third-order valence-corrected chi connectivity index (χ3v) is 2.46. The highest BCUT2D eigenvalue weighted by atomic mass is 14.0. The Labute approximate surface area is 85.6 Å². The van der Waals surface area contributed by atoms with Crippen molar-refractivity contribution in [1.82, 2.24) is 0 Å². The van der Waals surface area contributed by atoms with Crippen molar-refractivity contribution in [2.75, 3.05) is 0 Å². The Morgan fingerprint density at radius 1 is 1.14 bits per heavy atom. The lowest BCUT2D eigenvalue weighted by Crippen LogP contribution is -1.85. The van der Waals surface area contributed by atoms with Gasteiger partial charge in [0.15, 0.2) is 0 Å². The van der Waals surface area contributed by atoms with Crippen LogP contribution in [0.5, 0.6) is 0 Å². The summed E-state index contributed by atoms with van der Waals surface area (Å²) in [5, 5.41) is 2.70. The van der Waals surface area contributed by atoms with Crippen LogP contribution in [0.2, 0.25) is 0 Å². The van der Waals surface area contributed by atoms with E-state index in [4.69, 9.17) is 0 Å². The van der Waals surface area contributed by atoms with Gasteiger partial charge in [0, 0.05) is 0 Å². The number of aryl methyl sites for hydroxylation is 1. The van der Waals surface area contributed by atoms with Gasteiger partial charge >= 0.3 is 0 Å². The van der Waals surface area contributed by atoms with Gasteiger partial charge in [-0.15, -0.1) is 0 Å². The van der Waals surface area contributed by atoms with E-state index < -0.39 is 0 Å². The van der Waals surface area contributed by atoms with Crippen molar-refractivity contribution in [2.24, 2.45) is 0 Å². The predicted molar refractivity (Wildman–Crippen MR) is 62.4 cm³/mol. The van der Waals surface area contributed by atoms with Crippen LogP contribution in [0.4, 0.5) is 0 Å². The van der Waals surface area contributed by atoms with Crippen molar-refractivity contribution in [1.29, 1.82) is 0 Å². The van der Waals surface area contributed by atoms with E-state index in [2.05, 4.69) is 56.7 Å². The maximum atomic E-state index is 2.29. The van der Waals surface area contributed by atoms with E-state index in [1.807, 2.05) is 0 Å². The highest BCUT2D eigenvalue weighted by Crippen LogP contribution is 2.22. The average molecular weight is 183 g/mol. The summed E-state index contributed by atoms with van der Waals surface area (Å²) < 4.78 is 0. The first-order valence-electron chi connectivity index (χ1n) is 5.14. The van der Waals surface area contributed by atoms with Gasteiger partial charge in [-0.1, -0.05) is 48.9 Å². The van der Waals surface area contributed by atoms with Crippen LogP contribution >= 0.6 is 0 Å². The number of hydrogen-bond donors (Lipinski definition) is 0. The molecule has 0 aliphatic heterocycles. The maximum Gasteiger partial charge on any atom is -0.00893 e. The summed E-state index contributed by atoms with van der Waals surface area (Å²) in [4.78, 5) is 0. The Balaban J connectivity index is 2.67. The minimum absolute atomic E-state index is 1.09. The smallest absolute Gasteiger partial charge is 0.00893 e. The van der Waals surface area contributed by atoms with E-state index in [-0.39, 0.29) is 0 Å². The van der Waals surface area contributed by atoms with Gasteiger partial charge in [-0.25, -0.2) is 0 Å². The second kappa shape index (κ2) is 3.83. The highest BCUT2D eigenvalue weighted by Gasteiger charge is 2.00. The fourth-order valence-corrected chi connectivity index (χ4v) is 1.88. The zero-order chi connectivity index (χ0) is 9.97. The summed E-state index contributed by atoms with van der Waals surface area (Å²) in [5.74, 6) is 0. The Hall–Kier alpha value is -1.30. The largest absolute Gasteiger partial charge is 0.0648 e. The standard InChI is InChI=1S/C14H15/c1-3-6-12-9-11(2)10-13-7-4-5-8-14(12)13/h4-10H,3H2,1-2H3. The molecule has 0 saturated carbocycles. The predicted octanol–water partition coefficient (Wildman–Crippen LogP) is 4.11. The first-order chi connectivity index (χ1) is 6.81.